The number of amides is 1. The Hall–Kier alpha value is -2.70. The van der Waals surface area contributed by atoms with Crippen LogP contribution < -0.4 is 16.4 Å². The molecule has 0 atom stereocenters. The van der Waals surface area contributed by atoms with Crippen LogP contribution in [-0.2, 0) is 14.6 Å². The number of carbonyl (C=O) groups is 1. The Kier molecular flexibility index (Phi) is 6.92. The van der Waals surface area contributed by atoms with E-state index in [4.69, 9.17) is 28.9 Å². The number of carbonyl (C=O) groups excluding carboxylic acids is 1. The SMILES string of the molecule is CS(=O)(=O)C1CC(Nc2ncc3nc(Nc4c(F)cc(Cl)cc4Cl)n(C4CCC(C(N)=O)CC4)c3n2)C1. The number of benzene rings is 1. The van der Waals surface area contributed by atoms with Gasteiger partial charge in [0.25, 0.3) is 0 Å². The van der Waals surface area contributed by atoms with E-state index in [0.717, 1.165) is 6.07 Å². The fraction of sp³-hybridized carbons (Fsp3) is 0.478. The van der Waals surface area contributed by atoms with Crippen molar-refractivity contribution in [3.05, 3.63) is 34.2 Å². The number of rotatable bonds is 7. The molecule has 14 heteroatoms. The molecule has 0 spiro atoms. The fourth-order valence-corrected chi connectivity index (χ4v) is 6.68. The maximum absolute atomic E-state index is 14.7. The number of anilines is 3. The molecule has 10 nitrogen and oxygen atoms in total. The number of nitrogens with one attached hydrogen (secondary N) is 2. The van der Waals surface area contributed by atoms with Crippen molar-refractivity contribution in [1.29, 1.82) is 0 Å². The Morgan fingerprint density at radius 2 is 1.86 bits per heavy atom. The lowest BCUT2D eigenvalue weighted by atomic mass is 9.85. The first kappa shape index (κ1) is 25.9. The van der Waals surface area contributed by atoms with E-state index in [1.54, 1.807) is 6.20 Å². The first-order chi connectivity index (χ1) is 17.5. The molecule has 37 heavy (non-hydrogen) atoms. The van der Waals surface area contributed by atoms with Crippen LogP contribution in [0.2, 0.25) is 10.0 Å². The van der Waals surface area contributed by atoms with Gasteiger partial charge in [-0.15, -0.1) is 0 Å². The van der Waals surface area contributed by atoms with Gasteiger partial charge in [0.05, 0.1) is 22.2 Å². The largest absolute Gasteiger partial charge is 0.369 e. The molecule has 3 aromatic rings. The Labute approximate surface area is 223 Å². The third kappa shape index (κ3) is 5.32. The maximum Gasteiger partial charge on any atom is 0.224 e. The summed E-state index contributed by atoms with van der Waals surface area (Å²) in [5.74, 6) is -0.471. The average molecular weight is 570 g/mol. The van der Waals surface area contributed by atoms with Gasteiger partial charge in [0.15, 0.2) is 5.65 Å². The normalized spacial score (nSPS) is 24.0. The number of nitrogens with two attached hydrogens (primary N) is 1. The van der Waals surface area contributed by atoms with Crippen molar-refractivity contribution in [3.8, 4) is 0 Å². The molecule has 1 aromatic carbocycles. The Morgan fingerprint density at radius 1 is 1.16 bits per heavy atom. The predicted molar refractivity (Wildman–Crippen MR) is 140 cm³/mol. The van der Waals surface area contributed by atoms with Crippen molar-refractivity contribution in [2.45, 2.75) is 55.9 Å². The van der Waals surface area contributed by atoms with Crippen LogP contribution in [-0.4, -0.2) is 51.4 Å². The summed E-state index contributed by atoms with van der Waals surface area (Å²) in [5, 5.41) is 6.10. The van der Waals surface area contributed by atoms with Gasteiger partial charge in [-0.3, -0.25) is 9.36 Å². The van der Waals surface area contributed by atoms with Crippen molar-refractivity contribution in [2.75, 3.05) is 16.9 Å². The molecule has 0 unspecified atom stereocenters. The molecular weight excluding hydrogens is 544 g/mol. The highest BCUT2D eigenvalue weighted by Crippen LogP contribution is 2.39. The van der Waals surface area contributed by atoms with E-state index in [9.17, 15) is 17.6 Å². The first-order valence-corrected chi connectivity index (χ1v) is 14.6. The highest BCUT2D eigenvalue weighted by Gasteiger charge is 2.37. The summed E-state index contributed by atoms with van der Waals surface area (Å²) in [4.78, 5) is 25.3. The molecule has 1 amide bonds. The second-order valence-electron chi connectivity index (χ2n) is 9.75. The number of nitrogens with zero attached hydrogens (tertiary/aromatic N) is 4. The standard InChI is InChI=1S/C23H26Cl2FN7O3S/c1-37(35,36)15-8-13(9-15)29-22-28-10-18-21(32-22)33(14-4-2-11(3-5-14)20(27)34)23(30-18)31-19-16(25)6-12(24)7-17(19)26/h6-7,10-11,13-15H,2-5,8-9H2,1H3,(H2,27,34)(H,30,31)(H,28,29,32). The summed E-state index contributed by atoms with van der Waals surface area (Å²) < 4.78 is 40.1. The number of sulfone groups is 1. The minimum atomic E-state index is -3.08. The topological polar surface area (TPSA) is 145 Å². The van der Waals surface area contributed by atoms with Gasteiger partial charge < -0.3 is 16.4 Å². The van der Waals surface area contributed by atoms with Gasteiger partial charge in [-0.25, -0.2) is 22.8 Å². The smallest absolute Gasteiger partial charge is 0.224 e. The number of aromatic nitrogens is 4. The Bertz CT molecular complexity index is 1450. The third-order valence-corrected chi connectivity index (χ3v) is 9.29. The highest BCUT2D eigenvalue weighted by molar-refractivity contribution is 7.91. The average Bonchev–Trinajstić information content (AvgIpc) is 3.14. The van der Waals surface area contributed by atoms with Crippen LogP contribution in [0.25, 0.3) is 11.2 Å². The molecule has 0 saturated heterocycles. The van der Waals surface area contributed by atoms with Gasteiger partial charge in [0, 0.05) is 29.3 Å². The molecule has 2 fully saturated rings. The van der Waals surface area contributed by atoms with Crippen LogP contribution in [0.4, 0.5) is 22.0 Å². The zero-order chi connectivity index (χ0) is 26.5. The lowest BCUT2D eigenvalue weighted by Crippen LogP contribution is -2.43. The van der Waals surface area contributed by atoms with Crippen LogP contribution in [0.15, 0.2) is 18.3 Å². The summed E-state index contributed by atoms with van der Waals surface area (Å²) in [6.07, 6.45) is 6.29. The summed E-state index contributed by atoms with van der Waals surface area (Å²) in [6.45, 7) is 0. The zero-order valence-corrected chi connectivity index (χ0v) is 22.2. The van der Waals surface area contributed by atoms with Crippen molar-refractivity contribution in [2.24, 2.45) is 11.7 Å². The molecule has 0 radical (unpaired) electrons. The third-order valence-electron chi connectivity index (χ3n) is 7.17. The number of hydrogen-bond donors (Lipinski definition) is 3. The molecule has 0 bridgehead atoms. The van der Waals surface area contributed by atoms with Crippen molar-refractivity contribution < 1.29 is 17.6 Å². The van der Waals surface area contributed by atoms with E-state index in [-0.39, 0.29) is 44.9 Å². The van der Waals surface area contributed by atoms with Crippen LogP contribution in [0.5, 0.6) is 0 Å². The first-order valence-electron chi connectivity index (χ1n) is 11.9. The molecule has 2 aromatic heterocycles. The van der Waals surface area contributed by atoms with Gasteiger partial charge in [-0.1, -0.05) is 23.2 Å². The minimum absolute atomic E-state index is 0.0287. The van der Waals surface area contributed by atoms with E-state index in [0.29, 0.717) is 61.6 Å². The molecule has 2 aliphatic carbocycles. The quantitative estimate of drug-likeness (QED) is 0.383. The molecule has 2 aliphatic rings. The zero-order valence-electron chi connectivity index (χ0n) is 19.9. The number of primary amides is 1. The number of imidazole rings is 1. The van der Waals surface area contributed by atoms with E-state index in [1.807, 2.05) is 4.57 Å². The second-order valence-corrected chi connectivity index (χ2v) is 12.9. The van der Waals surface area contributed by atoms with E-state index >= 15 is 0 Å². The monoisotopic (exact) mass is 569 g/mol. The molecule has 4 N–H and O–H groups in total. The van der Waals surface area contributed by atoms with Crippen LogP contribution in [0.3, 0.4) is 0 Å². The van der Waals surface area contributed by atoms with Crippen LogP contribution in [0.1, 0.15) is 44.6 Å². The molecule has 5 rings (SSSR count). The molecular formula is C23H26Cl2FN7O3S. The van der Waals surface area contributed by atoms with Crippen molar-refractivity contribution in [3.63, 3.8) is 0 Å². The highest BCUT2D eigenvalue weighted by atomic mass is 35.5. The van der Waals surface area contributed by atoms with E-state index in [1.165, 1.54) is 12.3 Å². The Morgan fingerprint density at radius 3 is 2.49 bits per heavy atom. The Balaban J connectivity index is 1.48. The molecule has 2 heterocycles. The van der Waals surface area contributed by atoms with Gasteiger partial charge in [-0.2, -0.15) is 4.98 Å². The molecule has 198 valence electrons. The maximum atomic E-state index is 14.7. The summed E-state index contributed by atoms with van der Waals surface area (Å²) in [5.41, 5.74) is 6.55. The number of fused-ring (bicyclic) bond motifs is 1. The lowest BCUT2D eigenvalue weighted by Gasteiger charge is -2.34. The fourth-order valence-electron chi connectivity index (χ4n) is 5.00. The summed E-state index contributed by atoms with van der Waals surface area (Å²) in [6, 6.07) is 2.45. The van der Waals surface area contributed by atoms with Crippen molar-refractivity contribution in [1.82, 2.24) is 19.5 Å². The second kappa shape index (κ2) is 9.88. The predicted octanol–water partition coefficient (Wildman–Crippen LogP) is 4.22. The van der Waals surface area contributed by atoms with Crippen LogP contribution in [0, 0.1) is 11.7 Å². The van der Waals surface area contributed by atoms with Gasteiger partial charge in [0.1, 0.15) is 21.2 Å². The van der Waals surface area contributed by atoms with Crippen LogP contribution >= 0.6 is 23.2 Å². The van der Waals surface area contributed by atoms with Gasteiger partial charge in [-0.05, 0) is 50.7 Å². The lowest BCUT2D eigenvalue weighted by molar-refractivity contribution is -0.122. The molecule has 2 saturated carbocycles. The summed E-state index contributed by atoms with van der Waals surface area (Å²) in [7, 11) is -3.08. The van der Waals surface area contributed by atoms with E-state index in [2.05, 4.69) is 25.6 Å². The van der Waals surface area contributed by atoms with Gasteiger partial charge >= 0.3 is 0 Å². The number of halogens is 3. The summed E-state index contributed by atoms with van der Waals surface area (Å²) >= 11 is 12.2. The number of hydrogen-bond acceptors (Lipinski definition) is 8. The van der Waals surface area contributed by atoms with Crippen molar-refractivity contribution >= 4 is 67.7 Å². The van der Waals surface area contributed by atoms with Gasteiger partial charge in [0.2, 0.25) is 17.8 Å². The molecule has 0 aliphatic heterocycles. The minimum Gasteiger partial charge on any atom is -0.369 e. The van der Waals surface area contributed by atoms with E-state index < -0.39 is 15.7 Å².